The van der Waals surface area contributed by atoms with Gasteiger partial charge in [-0.1, -0.05) is 36.4 Å². The Balaban J connectivity index is 1.51. The maximum Gasteiger partial charge on any atom is 0.254 e. The predicted molar refractivity (Wildman–Crippen MR) is 134 cm³/mol. The molecule has 2 aliphatic heterocycles. The Morgan fingerprint density at radius 3 is 2.51 bits per heavy atom. The van der Waals surface area contributed by atoms with Crippen LogP contribution in [-0.2, 0) is 4.79 Å². The van der Waals surface area contributed by atoms with E-state index in [-0.39, 0.29) is 23.8 Å². The fraction of sp³-hybridized carbons (Fsp3) is 0.333. The largest absolute Gasteiger partial charge is 0.347 e. The molecule has 3 aromatic rings. The van der Waals surface area contributed by atoms with Gasteiger partial charge in [0, 0.05) is 49.6 Å². The van der Waals surface area contributed by atoms with Gasteiger partial charge in [-0.2, -0.15) is 0 Å². The van der Waals surface area contributed by atoms with E-state index in [1.54, 1.807) is 25.4 Å². The predicted octanol–water partition coefficient (Wildman–Crippen LogP) is 3.24. The Kier molecular flexibility index (Phi) is 6.21. The van der Waals surface area contributed by atoms with E-state index in [1.165, 1.54) is 0 Å². The molecule has 3 heterocycles. The molecule has 0 bridgehead atoms. The third-order valence-corrected chi connectivity index (χ3v) is 7.01. The molecule has 8 heteroatoms. The van der Waals surface area contributed by atoms with Gasteiger partial charge in [-0.25, -0.2) is 9.97 Å². The van der Waals surface area contributed by atoms with E-state index >= 15 is 0 Å². The van der Waals surface area contributed by atoms with Crippen molar-refractivity contribution in [2.75, 3.05) is 32.0 Å². The molecule has 2 fully saturated rings. The van der Waals surface area contributed by atoms with Crippen molar-refractivity contribution < 1.29 is 9.59 Å². The number of piperidine rings is 1. The SMILES string of the molecule is CC(=O)N[C@@]12CN(C)CC[C@@H]1[C@@H](c1ccccc1)N(C(=O)c1cccc(Nc3ncccn3)c1)C2. The van der Waals surface area contributed by atoms with Crippen molar-refractivity contribution in [1.29, 1.82) is 0 Å². The molecule has 0 aliphatic carbocycles. The van der Waals surface area contributed by atoms with Crippen molar-refractivity contribution in [3.05, 3.63) is 84.2 Å². The van der Waals surface area contributed by atoms with Gasteiger partial charge in [-0.05, 0) is 49.8 Å². The molecule has 35 heavy (non-hydrogen) atoms. The van der Waals surface area contributed by atoms with Crippen LogP contribution in [0.2, 0.25) is 0 Å². The van der Waals surface area contributed by atoms with Crippen molar-refractivity contribution >= 4 is 23.5 Å². The normalized spacial score (nSPS) is 24.0. The zero-order valence-electron chi connectivity index (χ0n) is 20.0. The van der Waals surface area contributed by atoms with Crippen LogP contribution in [-0.4, -0.2) is 63.8 Å². The highest BCUT2D eigenvalue weighted by Crippen LogP contribution is 2.48. The van der Waals surface area contributed by atoms with Gasteiger partial charge in [0.2, 0.25) is 11.9 Å². The lowest BCUT2D eigenvalue weighted by Gasteiger charge is -2.44. The number of likely N-dealkylation sites (tertiary alicyclic amines) is 2. The van der Waals surface area contributed by atoms with Gasteiger partial charge in [-0.15, -0.1) is 0 Å². The molecule has 0 spiro atoms. The highest BCUT2D eigenvalue weighted by atomic mass is 16.2. The molecule has 2 saturated heterocycles. The van der Waals surface area contributed by atoms with E-state index in [0.717, 1.165) is 24.2 Å². The first-order valence-electron chi connectivity index (χ1n) is 11.9. The number of hydrogen-bond donors (Lipinski definition) is 2. The third-order valence-electron chi connectivity index (χ3n) is 7.01. The molecule has 2 aromatic carbocycles. The van der Waals surface area contributed by atoms with E-state index in [2.05, 4.69) is 44.7 Å². The standard InChI is InChI=1S/C27H30N6O2/c1-19(34)31-27-17-32(2)15-12-23(27)24(20-8-4-3-5-9-20)33(18-27)25(35)21-10-6-11-22(16-21)30-26-28-13-7-14-29-26/h3-11,13-14,16,23-24H,12,15,17-18H2,1-2H3,(H,31,34)(H,28,29,30)/t23-,24-,27-/m1/s1. The van der Waals surface area contributed by atoms with Crippen molar-refractivity contribution in [3.63, 3.8) is 0 Å². The molecule has 0 unspecified atom stereocenters. The number of amides is 2. The van der Waals surface area contributed by atoms with Crippen molar-refractivity contribution in [2.45, 2.75) is 24.9 Å². The van der Waals surface area contributed by atoms with Crippen LogP contribution in [0.4, 0.5) is 11.6 Å². The highest BCUT2D eigenvalue weighted by Gasteiger charge is 2.56. The first-order valence-corrected chi connectivity index (χ1v) is 11.9. The number of nitrogens with zero attached hydrogens (tertiary/aromatic N) is 4. The molecular formula is C27H30N6O2. The fourth-order valence-electron chi connectivity index (χ4n) is 5.73. The molecule has 1 aromatic heterocycles. The second-order valence-electron chi connectivity index (χ2n) is 9.54. The topological polar surface area (TPSA) is 90.5 Å². The lowest BCUT2D eigenvalue weighted by atomic mass is 9.76. The minimum Gasteiger partial charge on any atom is -0.347 e. The van der Waals surface area contributed by atoms with Gasteiger partial charge >= 0.3 is 0 Å². The quantitative estimate of drug-likeness (QED) is 0.595. The van der Waals surface area contributed by atoms with Crippen molar-refractivity contribution in [3.8, 4) is 0 Å². The minimum absolute atomic E-state index is 0.0572. The summed E-state index contributed by atoms with van der Waals surface area (Å²) in [5, 5.41) is 6.43. The molecule has 0 saturated carbocycles. The summed E-state index contributed by atoms with van der Waals surface area (Å²) in [6.07, 6.45) is 4.23. The molecule has 8 nitrogen and oxygen atoms in total. The number of likely N-dealkylation sites (N-methyl/N-ethyl adjacent to an activating group) is 1. The number of fused-ring (bicyclic) bond motifs is 1. The third kappa shape index (κ3) is 4.61. The summed E-state index contributed by atoms with van der Waals surface area (Å²) in [4.78, 5) is 39.0. The summed E-state index contributed by atoms with van der Waals surface area (Å²) >= 11 is 0. The van der Waals surface area contributed by atoms with Gasteiger partial charge in [0.15, 0.2) is 0 Å². The number of carbonyl (C=O) groups is 2. The van der Waals surface area contributed by atoms with Crippen LogP contribution in [0.5, 0.6) is 0 Å². The number of benzene rings is 2. The number of anilines is 2. The van der Waals surface area contributed by atoms with E-state index in [0.29, 0.717) is 24.6 Å². The average molecular weight is 471 g/mol. The Hall–Kier alpha value is -3.78. The van der Waals surface area contributed by atoms with Crippen LogP contribution >= 0.6 is 0 Å². The Morgan fingerprint density at radius 1 is 1.00 bits per heavy atom. The number of rotatable bonds is 5. The lowest BCUT2D eigenvalue weighted by molar-refractivity contribution is -0.122. The zero-order valence-corrected chi connectivity index (χ0v) is 20.0. The second kappa shape index (κ2) is 9.46. The lowest BCUT2D eigenvalue weighted by Crippen LogP contribution is -2.63. The number of aromatic nitrogens is 2. The molecule has 0 radical (unpaired) electrons. The second-order valence-corrected chi connectivity index (χ2v) is 9.54. The van der Waals surface area contributed by atoms with Crippen LogP contribution < -0.4 is 10.6 Å². The van der Waals surface area contributed by atoms with Crippen molar-refractivity contribution in [1.82, 2.24) is 25.1 Å². The number of carbonyl (C=O) groups excluding carboxylic acids is 2. The van der Waals surface area contributed by atoms with Gasteiger partial charge < -0.3 is 20.4 Å². The fourth-order valence-corrected chi connectivity index (χ4v) is 5.73. The van der Waals surface area contributed by atoms with Crippen LogP contribution in [0.15, 0.2) is 73.1 Å². The molecule has 2 N–H and O–H groups in total. The van der Waals surface area contributed by atoms with Crippen LogP contribution in [0, 0.1) is 5.92 Å². The van der Waals surface area contributed by atoms with E-state index in [4.69, 9.17) is 0 Å². The Labute approximate surface area is 205 Å². The molecule has 3 atom stereocenters. The summed E-state index contributed by atoms with van der Waals surface area (Å²) in [6.45, 7) is 3.65. The summed E-state index contributed by atoms with van der Waals surface area (Å²) in [5.41, 5.74) is 1.92. The van der Waals surface area contributed by atoms with Crippen LogP contribution in [0.1, 0.15) is 35.3 Å². The van der Waals surface area contributed by atoms with Gasteiger partial charge in [0.25, 0.3) is 5.91 Å². The van der Waals surface area contributed by atoms with Crippen LogP contribution in [0.25, 0.3) is 0 Å². The van der Waals surface area contributed by atoms with E-state index in [9.17, 15) is 9.59 Å². The summed E-state index contributed by atoms with van der Waals surface area (Å²) in [5.74, 6) is 0.464. The maximum atomic E-state index is 14.0. The van der Waals surface area contributed by atoms with Gasteiger partial charge in [0.05, 0.1) is 11.6 Å². The molecule has 5 rings (SSSR count). The Bertz CT molecular complexity index is 1200. The van der Waals surface area contributed by atoms with E-state index in [1.807, 2.05) is 47.4 Å². The van der Waals surface area contributed by atoms with Gasteiger partial charge in [-0.3, -0.25) is 9.59 Å². The Morgan fingerprint density at radius 2 is 1.77 bits per heavy atom. The molecule has 2 aliphatic rings. The smallest absolute Gasteiger partial charge is 0.254 e. The molecule has 180 valence electrons. The summed E-state index contributed by atoms with van der Waals surface area (Å²) in [6, 6.07) is 19.2. The first kappa shape index (κ1) is 23.0. The number of nitrogens with one attached hydrogen (secondary N) is 2. The minimum atomic E-state index is -0.497. The van der Waals surface area contributed by atoms with Gasteiger partial charge in [0.1, 0.15) is 0 Å². The monoisotopic (exact) mass is 470 g/mol. The molecule has 2 amide bonds. The zero-order chi connectivity index (χ0) is 24.4. The summed E-state index contributed by atoms with van der Waals surface area (Å²) < 4.78 is 0. The average Bonchev–Trinajstić information content (AvgIpc) is 3.18. The highest BCUT2D eigenvalue weighted by molar-refractivity contribution is 5.96. The number of hydrogen-bond acceptors (Lipinski definition) is 6. The van der Waals surface area contributed by atoms with Crippen LogP contribution in [0.3, 0.4) is 0 Å². The van der Waals surface area contributed by atoms with Crippen molar-refractivity contribution in [2.24, 2.45) is 5.92 Å². The molecular weight excluding hydrogens is 440 g/mol. The maximum absolute atomic E-state index is 14.0. The summed E-state index contributed by atoms with van der Waals surface area (Å²) in [7, 11) is 2.07. The first-order chi connectivity index (χ1) is 16.9. The van der Waals surface area contributed by atoms with E-state index < -0.39 is 5.54 Å².